The zero-order valence-corrected chi connectivity index (χ0v) is 24.7. The number of amidine groups is 1. The summed E-state index contributed by atoms with van der Waals surface area (Å²) in [6.45, 7) is 8.37. The quantitative estimate of drug-likeness (QED) is 0.137. The molecule has 0 spiro atoms. The molecule has 0 fully saturated rings. The van der Waals surface area contributed by atoms with Crippen LogP contribution in [0.2, 0.25) is 0 Å². The van der Waals surface area contributed by atoms with Crippen molar-refractivity contribution in [2.24, 2.45) is 9.98 Å². The van der Waals surface area contributed by atoms with Crippen molar-refractivity contribution in [2.75, 3.05) is 0 Å². The summed E-state index contributed by atoms with van der Waals surface area (Å²) >= 11 is 0. The summed E-state index contributed by atoms with van der Waals surface area (Å²) in [7, 11) is 0. The van der Waals surface area contributed by atoms with Gasteiger partial charge >= 0.3 is 0 Å². The molecule has 0 atom stereocenters. The van der Waals surface area contributed by atoms with Crippen molar-refractivity contribution in [3.8, 4) is 22.3 Å². The molecule has 0 aliphatic carbocycles. The summed E-state index contributed by atoms with van der Waals surface area (Å²) in [5.74, 6) is 0.561. The summed E-state index contributed by atoms with van der Waals surface area (Å²) in [4.78, 5) is 9.98. The first kappa shape index (κ1) is 27.8. The van der Waals surface area contributed by atoms with Crippen LogP contribution in [-0.4, -0.2) is 11.5 Å². The Morgan fingerprint density at radius 1 is 0.533 bits per heavy atom. The number of benzene rings is 6. The van der Waals surface area contributed by atoms with Crippen molar-refractivity contribution < 1.29 is 4.42 Å². The Bertz CT molecular complexity index is 2210. The number of rotatable bonds is 7. The van der Waals surface area contributed by atoms with Crippen LogP contribution in [0.1, 0.15) is 16.7 Å². The van der Waals surface area contributed by atoms with Crippen molar-refractivity contribution in [1.82, 2.24) is 0 Å². The number of fused-ring (bicyclic) bond motifs is 3. The standard InChI is InChI=1S/C42H30N2O/c1-3-38(44-42(34-18-11-6-12-19-34)43-29(2)30-14-7-4-8-15-30)36-20-13-21-39-41(36)37-27-26-35(28-40(37)45-39)33-24-22-32(23-25-33)31-16-9-5-10-17-31/h3-28H,1-2H2/b43-42-,44-38+. The highest BCUT2D eigenvalue weighted by atomic mass is 16.3. The largest absolute Gasteiger partial charge is 0.456 e. The molecule has 0 aliphatic rings. The predicted molar refractivity (Wildman–Crippen MR) is 190 cm³/mol. The van der Waals surface area contributed by atoms with Crippen molar-refractivity contribution in [2.45, 2.75) is 0 Å². The van der Waals surface area contributed by atoms with Gasteiger partial charge in [0.2, 0.25) is 0 Å². The predicted octanol–water partition coefficient (Wildman–Crippen LogP) is 11.0. The second-order valence-electron chi connectivity index (χ2n) is 10.8. The van der Waals surface area contributed by atoms with Crippen LogP contribution >= 0.6 is 0 Å². The van der Waals surface area contributed by atoms with Crippen LogP contribution in [-0.2, 0) is 0 Å². The number of hydrogen-bond donors (Lipinski definition) is 0. The maximum atomic E-state index is 6.42. The minimum Gasteiger partial charge on any atom is -0.456 e. The van der Waals surface area contributed by atoms with Crippen LogP contribution in [0.4, 0.5) is 0 Å². The van der Waals surface area contributed by atoms with E-state index in [0.29, 0.717) is 17.2 Å². The van der Waals surface area contributed by atoms with Crippen LogP contribution in [0.15, 0.2) is 185 Å². The van der Waals surface area contributed by atoms with E-state index in [1.807, 2.05) is 78.9 Å². The molecule has 3 heteroatoms. The van der Waals surface area contributed by atoms with E-state index >= 15 is 0 Å². The van der Waals surface area contributed by atoms with Gasteiger partial charge in [-0.1, -0.05) is 147 Å². The van der Waals surface area contributed by atoms with Crippen molar-refractivity contribution in [3.05, 3.63) is 188 Å². The van der Waals surface area contributed by atoms with E-state index in [-0.39, 0.29) is 0 Å². The van der Waals surface area contributed by atoms with Crippen LogP contribution in [0.25, 0.3) is 49.9 Å². The Morgan fingerprint density at radius 2 is 1.11 bits per heavy atom. The van der Waals surface area contributed by atoms with E-state index < -0.39 is 0 Å². The maximum Gasteiger partial charge on any atom is 0.160 e. The minimum atomic E-state index is 0.561. The van der Waals surface area contributed by atoms with Gasteiger partial charge in [0.05, 0.1) is 11.4 Å². The van der Waals surface area contributed by atoms with Gasteiger partial charge in [-0.3, -0.25) is 0 Å². The fraction of sp³-hybridized carbons (Fsp3) is 0. The van der Waals surface area contributed by atoms with E-state index in [9.17, 15) is 0 Å². The van der Waals surface area contributed by atoms with E-state index in [4.69, 9.17) is 14.4 Å². The molecule has 45 heavy (non-hydrogen) atoms. The molecule has 214 valence electrons. The molecule has 7 aromatic rings. The Hall–Kier alpha value is -6.06. The molecule has 1 heterocycles. The number of aliphatic imine (C=N–C) groups is 2. The molecule has 3 nitrogen and oxygen atoms in total. The van der Waals surface area contributed by atoms with Gasteiger partial charge in [-0.2, -0.15) is 0 Å². The minimum absolute atomic E-state index is 0.561. The third-order valence-electron chi connectivity index (χ3n) is 7.90. The summed E-state index contributed by atoms with van der Waals surface area (Å²) in [6, 6.07) is 51.4. The molecular formula is C42H30N2O. The topological polar surface area (TPSA) is 37.9 Å². The third kappa shape index (κ3) is 5.67. The van der Waals surface area contributed by atoms with Gasteiger partial charge < -0.3 is 4.42 Å². The molecule has 0 bridgehead atoms. The zero-order valence-electron chi connectivity index (χ0n) is 24.7. The third-order valence-corrected chi connectivity index (χ3v) is 7.90. The van der Waals surface area contributed by atoms with Gasteiger partial charge in [-0.25, -0.2) is 9.98 Å². The molecule has 0 saturated heterocycles. The second-order valence-corrected chi connectivity index (χ2v) is 10.8. The van der Waals surface area contributed by atoms with Crippen LogP contribution in [0, 0.1) is 0 Å². The fourth-order valence-corrected chi connectivity index (χ4v) is 5.60. The van der Waals surface area contributed by atoms with Crippen molar-refractivity contribution >= 4 is 39.2 Å². The Balaban J connectivity index is 1.30. The molecule has 0 radical (unpaired) electrons. The van der Waals surface area contributed by atoms with E-state index in [0.717, 1.165) is 49.8 Å². The molecular weight excluding hydrogens is 548 g/mol. The summed E-state index contributed by atoms with van der Waals surface area (Å²) in [5, 5.41) is 2.01. The summed E-state index contributed by atoms with van der Waals surface area (Å²) < 4.78 is 6.42. The first-order valence-electron chi connectivity index (χ1n) is 14.9. The summed E-state index contributed by atoms with van der Waals surface area (Å²) in [5.41, 5.74) is 10.3. The lowest BCUT2D eigenvalue weighted by atomic mass is 9.98. The average Bonchev–Trinajstić information content (AvgIpc) is 3.49. The van der Waals surface area contributed by atoms with Crippen LogP contribution < -0.4 is 0 Å². The van der Waals surface area contributed by atoms with Gasteiger partial charge in [0.15, 0.2) is 5.84 Å². The number of allylic oxidation sites excluding steroid dienone is 1. The van der Waals surface area contributed by atoms with Gasteiger partial charge in [-0.15, -0.1) is 0 Å². The first-order valence-corrected chi connectivity index (χ1v) is 14.9. The molecule has 0 saturated carbocycles. The molecule has 0 N–H and O–H groups in total. The smallest absolute Gasteiger partial charge is 0.160 e. The number of hydrogen-bond acceptors (Lipinski definition) is 2. The van der Waals surface area contributed by atoms with Gasteiger partial charge in [-0.05, 0) is 52.1 Å². The van der Waals surface area contributed by atoms with E-state index in [1.165, 1.54) is 11.1 Å². The van der Waals surface area contributed by atoms with Crippen molar-refractivity contribution in [1.29, 1.82) is 0 Å². The second kappa shape index (κ2) is 12.3. The van der Waals surface area contributed by atoms with E-state index in [2.05, 4.69) is 86.0 Å². The number of nitrogens with zero attached hydrogens (tertiary/aromatic N) is 2. The molecule has 0 aliphatic heterocycles. The SMILES string of the molecule is C=C/C(=N\C(=N/C(=C)c1ccccc1)c1ccccc1)c1cccc2oc3cc(-c4ccc(-c5ccccc5)cc4)ccc3c12. The Labute approximate surface area is 262 Å². The lowest BCUT2D eigenvalue weighted by Crippen LogP contribution is -2.05. The molecule has 6 aromatic carbocycles. The summed E-state index contributed by atoms with van der Waals surface area (Å²) in [6.07, 6.45) is 1.78. The lowest BCUT2D eigenvalue weighted by Gasteiger charge is -2.08. The highest BCUT2D eigenvalue weighted by Gasteiger charge is 2.16. The highest BCUT2D eigenvalue weighted by molar-refractivity contribution is 6.25. The first-order chi connectivity index (χ1) is 22.2. The fourth-order valence-electron chi connectivity index (χ4n) is 5.60. The van der Waals surface area contributed by atoms with Crippen molar-refractivity contribution in [3.63, 3.8) is 0 Å². The van der Waals surface area contributed by atoms with Crippen LogP contribution in [0.5, 0.6) is 0 Å². The Kier molecular flexibility index (Phi) is 7.57. The Morgan fingerprint density at radius 3 is 1.78 bits per heavy atom. The molecule has 0 unspecified atom stereocenters. The van der Waals surface area contributed by atoms with Crippen LogP contribution in [0.3, 0.4) is 0 Å². The lowest BCUT2D eigenvalue weighted by molar-refractivity contribution is 0.669. The molecule has 7 rings (SSSR count). The highest BCUT2D eigenvalue weighted by Crippen LogP contribution is 2.35. The average molecular weight is 579 g/mol. The molecule has 0 amide bonds. The van der Waals surface area contributed by atoms with Gasteiger partial charge in [0.25, 0.3) is 0 Å². The molecule has 1 aromatic heterocycles. The number of furan rings is 1. The maximum absolute atomic E-state index is 6.42. The monoisotopic (exact) mass is 578 g/mol. The normalized spacial score (nSPS) is 12.0. The van der Waals surface area contributed by atoms with E-state index in [1.54, 1.807) is 6.08 Å². The van der Waals surface area contributed by atoms with Gasteiger partial charge in [0, 0.05) is 21.9 Å². The zero-order chi connectivity index (χ0) is 30.6. The van der Waals surface area contributed by atoms with Gasteiger partial charge in [0.1, 0.15) is 11.2 Å².